The van der Waals surface area contributed by atoms with Crippen molar-refractivity contribution in [1.82, 2.24) is 14.5 Å². The summed E-state index contributed by atoms with van der Waals surface area (Å²) in [5.74, 6) is 1.05. The van der Waals surface area contributed by atoms with Crippen molar-refractivity contribution in [2.24, 2.45) is 0 Å². The number of thioether (sulfide) groups is 1. The molecule has 0 bridgehead atoms. The lowest BCUT2D eigenvalue weighted by Crippen LogP contribution is -2.41. The summed E-state index contributed by atoms with van der Waals surface area (Å²) in [6.07, 6.45) is 4.04. The first-order valence-electron chi connectivity index (χ1n) is 9.78. The maximum absolute atomic E-state index is 13.2. The highest BCUT2D eigenvalue weighted by Gasteiger charge is 2.34. The molecule has 164 valence electrons. The van der Waals surface area contributed by atoms with Gasteiger partial charge < -0.3 is 9.64 Å². The minimum atomic E-state index is -3.08. The van der Waals surface area contributed by atoms with Crippen molar-refractivity contribution in [1.29, 1.82) is 0 Å². The van der Waals surface area contributed by atoms with Crippen LogP contribution in [0.5, 0.6) is 5.75 Å². The Morgan fingerprint density at radius 1 is 1.32 bits per heavy atom. The Morgan fingerprint density at radius 2 is 2.13 bits per heavy atom. The average Bonchev–Trinajstić information content (AvgIpc) is 3.51. The molecule has 1 aromatic carbocycles. The highest BCUT2D eigenvalue weighted by molar-refractivity contribution is 7.99. The zero-order valence-electron chi connectivity index (χ0n) is 17.0. The van der Waals surface area contributed by atoms with E-state index in [0.717, 1.165) is 16.3 Å². The van der Waals surface area contributed by atoms with E-state index in [1.807, 2.05) is 52.5 Å². The maximum Gasteiger partial charge on any atom is 0.233 e. The van der Waals surface area contributed by atoms with E-state index in [1.54, 1.807) is 29.5 Å². The van der Waals surface area contributed by atoms with E-state index < -0.39 is 9.84 Å². The van der Waals surface area contributed by atoms with Crippen LogP contribution in [-0.2, 0) is 21.2 Å². The number of imidazole rings is 1. The van der Waals surface area contributed by atoms with E-state index in [0.29, 0.717) is 18.1 Å². The van der Waals surface area contributed by atoms with Gasteiger partial charge in [0.25, 0.3) is 0 Å². The smallest absolute Gasteiger partial charge is 0.233 e. The largest absolute Gasteiger partial charge is 0.497 e. The molecule has 1 unspecified atom stereocenters. The fraction of sp³-hybridized carbons (Fsp3) is 0.333. The van der Waals surface area contributed by atoms with Gasteiger partial charge in [0, 0.05) is 29.0 Å². The Balaban J connectivity index is 1.47. The maximum atomic E-state index is 13.2. The molecule has 1 aliphatic rings. The van der Waals surface area contributed by atoms with Crippen LogP contribution in [0.1, 0.15) is 11.3 Å². The molecule has 1 atom stereocenters. The minimum Gasteiger partial charge on any atom is -0.497 e. The van der Waals surface area contributed by atoms with E-state index in [1.165, 1.54) is 11.8 Å². The lowest BCUT2D eigenvalue weighted by molar-refractivity contribution is -0.130. The molecule has 1 fully saturated rings. The van der Waals surface area contributed by atoms with Crippen molar-refractivity contribution in [2.75, 3.05) is 24.4 Å². The summed E-state index contributed by atoms with van der Waals surface area (Å²) < 4.78 is 31.1. The molecule has 31 heavy (non-hydrogen) atoms. The number of carbonyl (C=O) groups excluding carboxylic acids is 1. The number of sulfone groups is 1. The Morgan fingerprint density at radius 3 is 2.77 bits per heavy atom. The number of thiophene rings is 1. The predicted molar refractivity (Wildman–Crippen MR) is 123 cm³/mol. The molecule has 0 radical (unpaired) electrons. The number of hydrogen-bond donors (Lipinski definition) is 0. The van der Waals surface area contributed by atoms with E-state index in [2.05, 4.69) is 4.98 Å². The number of methoxy groups -OCH3 is 1. The molecular formula is C21H23N3O4S3. The molecule has 0 aliphatic carbocycles. The summed E-state index contributed by atoms with van der Waals surface area (Å²) in [6, 6.07) is 11.2. The van der Waals surface area contributed by atoms with Crippen molar-refractivity contribution in [3.63, 3.8) is 0 Å². The van der Waals surface area contributed by atoms with Crippen LogP contribution in [-0.4, -0.2) is 59.2 Å². The summed E-state index contributed by atoms with van der Waals surface area (Å²) >= 11 is 2.92. The van der Waals surface area contributed by atoms with Gasteiger partial charge in [0.05, 0.1) is 30.9 Å². The van der Waals surface area contributed by atoms with Gasteiger partial charge in [0.15, 0.2) is 15.0 Å². The molecule has 3 heterocycles. The van der Waals surface area contributed by atoms with Crippen molar-refractivity contribution < 1.29 is 17.9 Å². The van der Waals surface area contributed by atoms with Crippen molar-refractivity contribution in [2.45, 2.75) is 24.2 Å². The molecule has 2 aromatic heterocycles. The molecule has 3 aromatic rings. The molecule has 1 aliphatic heterocycles. The monoisotopic (exact) mass is 477 g/mol. The molecule has 1 amide bonds. The normalized spacial score (nSPS) is 17.5. The third-order valence-electron chi connectivity index (χ3n) is 5.16. The molecule has 7 nitrogen and oxygen atoms in total. The number of benzene rings is 1. The van der Waals surface area contributed by atoms with E-state index >= 15 is 0 Å². The zero-order valence-corrected chi connectivity index (χ0v) is 19.5. The number of nitrogens with zero attached hydrogens (tertiary/aromatic N) is 3. The van der Waals surface area contributed by atoms with Gasteiger partial charge in [-0.15, -0.1) is 11.3 Å². The third-order valence-corrected chi connectivity index (χ3v) is 8.72. The summed E-state index contributed by atoms with van der Waals surface area (Å²) in [6.45, 7) is 0.435. The highest BCUT2D eigenvalue weighted by Crippen LogP contribution is 2.26. The number of ether oxygens (including phenoxy) is 1. The van der Waals surface area contributed by atoms with Gasteiger partial charge in [-0.2, -0.15) is 0 Å². The first-order valence-corrected chi connectivity index (χ1v) is 13.5. The first-order chi connectivity index (χ1) is 14.9. The van der Waals surface area contributed by atoms with Gasteiger partial charge >= 0.3 is 0 Å². The second-order valence-electron chi connectivity index (χ2n) is 7.22. The van der Waals surface area contributed by atoms with Crippen LogP contribution in [0.25, 0.3) is 5.69 Å². The zero-order chi connectivity index (χ0) is 21.8. The topological polar surface area (TPSA) is 81.5 Å². The summed E-state index contributed by atoms with van der Waals surface area (Å²) in [5, 5.41) is 2.66. The van der Waals surface area contributed by atoms with Crippen LogP contribution in [0.15, 0.2) is 59.3 Å². The summed E-state index contributed by atoms with van der Waals surface area (Å²) in [4.78, 5) is 20.3. The predicted octanol–water partition coefficient (Wildman–Crippen LogP) is 3.25. The van der Waals surface area contributed by atoms with E-state index in [4.69, 9.17) is 4.74 Å². The van der Waals surface area contributed by atoms with E-state index in [-0.39, 0.29) is 29.2 Å². The molecule has 0 saturated carbocycles. The number of carbonyl (C=O) groups is 1. The molecular weight excluding hydrogens is 454 g/mol. The molecule has 1 saturated heterocycles. The van der Waals surface area contributed by atoms with Crippen LogP contribution in [0, 0.1) is 0 Å². The summed E-state index contributed by atoms with van der Waals surface area (Å²) in [5.41, 5.74) is 0.922. The van der Waals surface area contributed by atoms with Gasteiger partial charge in [-0.3, -0.25) is 9.36 Å². The van der Waals surface area contributed by atoms with Crippen LogP contribution in [0.3, 0.4) is 0 Å². The number of amides is 1. The number of rotatable bonds is 8. The molecule has 10 heteroatoms. The van der Waals surface area contributed by atoms with Crippen molar-refractivity contribution >= 4 is 38.8 Å². The average molecular weight is 478 g/mol. The van der Waals surface area contributed by atoms with Crippen molar-refractivity contribution in [3.8, 4) is 11.4 Å². The Bertz CT molecular complexity index is 1130. The van der Waals surface area contributed by atoms with Crippen LogP contribution in [0.4, 0.5) is 0 Å². The van der Waals surface area contributed by atoms with Crippen LogP contribution in [0.2, 0.25) is 0 Å². The number of hydrogen-bond acceptors (Lipinski definition) is 7. The second kappa shape index (κ2) is 9.46. The minimum absolute atomic E-state index is 0.0370. The van der Waals surface area contributed by atoms with Crippen LogP contribution >= 0.6 is 23.1 Å². The lowest BCUT2D eigenvalue weighted by atomic mass is 10.2. The SMILES string of the molecule is COc1ccc(-n2ccnc2SCC(=O)N(Cc2cccs2)C2CCS(=O)(=O)C2)cc1. The Labute approximate surface area is 190 Å². The first kappa shape index (κ1) is 21.9. The summed E-state index contributed by atoms with van der Waals surface area (Å²) in [7, 11) is -1.46. The highest BCUT2D eigenvalue weighted by atomic mass is 32.2. The Hall–Kier alpha value is -2.30. The molecule has 0 spiro atoms. The van der Waals surface area contributed by atoms with Gasteiger partial charge in [-0.05, 0) is 42.1 Å². The van der Waals surface area contributed by atoms with E-state index in [9.17, 15) is 13.2 Å². The number of aromatic nitrogens is 2. The van der Waals surface area contributed by atoms with Gasteiger partial charge in [0.2, 0.25) is 5.91 Å². The standard InChI is InChI=1S/C21H23N3O4S3/c1-28-18-6-4-16(5-7-18)23-10-9-22-21(23)30-14-20(25)24(13-19-3-2-11-29-19)17-8-12-31(26,27)15-17/h2-7,9-11,17H,8,12-15H2,1H3. The second-order valence-corrected chi connectivity index (χ2v) is 11.4. The van der Waals surface area contributed by atoms with Gasteiger partial charge in [-0.1, -0.05) is 17.8 Å². The lowest BCUT2D eigenvalue weighted by Gasteiger charge is -2.27. The third kappa shape index (κ3) is 5.31. The Kier molecular flexibility index (Phi) is 6.68. The fourth-order valence-electron chi connectivity index (χ4n) is 3.56. The molecule has 4 rings (SSSR count). The molecule has 0 N–H and O–H groups in total. The van der Waals surface area contributed by atoms with Gasteiger partial charge in [0.1, 0.15) is 5.75 Å². The van der Waals surface area contributed by atoms with Crippen LogP contribution < -0.4 is 4.74 Å². The fourth-order valence-corrected chi connectivity index (χ4v) is 6.85. The van der Waals surface area contributed by atoms with Gasteiger partial charge in [-0.25, -0.2) is 13.4 Å². The quantitative estimate of drug-likeness (QED) is 0.463. The van der Waals surface area contributed by atoms with Crippen molar-refractivity contribution in [3.05, 3.63) is 59.0 Å².